The van der Waals surface area contributed by atoms with Crippen LogP contribution < -0.4 is 10.1 Å². The molecule has 0 spiro atoms. The van der Waals surface area contributed by atoms with Gasteiger partial charge in [-0.1, -0.05) is 18.2 Å². The summed E-state index contributed by atoms with van der Waals surface area (Å²) in [6, 6.07) is 14.5. The molecule has 3 rings (SSSR count). The van der Waals surface area contributed by atoms with Gasteiger partial charge in [0.25, 0.3) is 5.91 Å². The lowest BCUT2D eigenvalue weighted by molar-refractivity contribution is -0.111. The van der Waals surface area contributed by atoms with Crippen LogP contribution in [-0.4, -0.2) is 36.9 Å². The first kappa shape index (κ1) is 18.7. The highest BCUT2D eigenvalue weighted by atomic mass is 16.5. The Morgan fingerprint density at radius 2 is 1.70 bits per heavy atom. The number of amides is 2. The topological polar surface area (TPSA) is 58.6 Å². The summed E-state index contributed by atoms with van der Waals surface area (Å²) in [6.45, 7) is 1.65. The van der Waals surface area contributed by atoms with Crippen molar-refractivity contribution in [1.82, 2.24) is 4.90 Å². The number of ether oxygens (including phenoxy) is 1. The van der Waals surface area contributed by atoms with Gasteiger partial charge in [0.1, 0.15) is 5.75 Å². The van der Waals surface area contributed by atoms with Crippen LogP contribution in [0.1, 0.15) is 35.2 Å². The molecule has 0 radical (unpaired) electrons. The fraction of sp³-hybridized carbons (Fsp3) is 0.273. The minimum Gasteiger partial charge on any atom is -0.496 e. The molecule has 0 unspecified atom stereocenters. The molecule has 0 aromatic heterocycles. The van der Waals surface area contributed by atoms with Crippen LogP contribution in [0.5, 0.6) is 5.75 Å². The van der Waals surface area contributed by atoms with Crippen molar-refractivity contribution in [3.8, 4) is 5.75 Å². The minimum absolute atomic E-state index is 0.0589. The average Bonchev–Trinajstić information content (AvgIpc) is 2.73. The largest absolute Gasteiger partial charge is 0.496 e. The Morgan fingerprint density at radius 1 is 1.00 bits per heavy atom. The van der Waals surface area contributed by atoms with Crippen molar-refractivity contribution in [3.63, 3.8) is 0 Å². The second-order valence-electron chi connectivity index (χ2n) is 6.49. The number of hydrogen-bond donors (Lipinski definition) is 1. The van der Waals surface area contributed by atoms with E-state index in [4.69, 9.17) is 4.74 Å². The molecule has 0 aliphatic carbocycles. The predicted octanol–water partition coefficient (Wildman–Crippen LogP) is 3.97. The number of benzene rings is 2. The second-order valence-corrected chi connectivity index (χ2v) is 6.49. The van der Waals surface area contributed by atoms with Crippen LogP contribution in [-0.2, 0) is 4.79 Å². The Labute approximate surface area is 159 Å². The molecule has 2 amide bonds. The van der Waals surface area contributed by atoms with Crippen molar-refractivity contribution in [1.29, 1.82) is 0 Å². The summed E-state index contributed by atoms with van der Waals surface area (Å²) < 4.78 is 5.26. The molecule has 1 aliphatic heterocycles. The first-order valence-electron chi connectivity index (χ1n) is 9.19. The highest BCUT2D eigenvalue weighted by Crippen LogP contribution is 2.19. The number of piperidine rings is 1. The summed E-state index contributed by atoms with van der Waals surface area (Å²) in [5.74, 6) is 0.529. The molecule has 5 heteroatoms. The molecule has 27 heavy (non-hydrogen) atoms. The van der Waals surface area contributed by atoms with Gasteiger partial charge in [0, 0.05) is 36.0 Å². The van der Waals surface area contributed by atoms with Crippen LogP contribution in [0.4, 0.5) is 5.69 Å². The number of hydrogen-bond acceptors (Lipinski definition) is 3. The van der Waals surface area contributed by atoms with Gasteiger partial charge in [0.2, 0.25) is 5.91 Å². The van der Waals surface area contributed by atoms with Crippen LogP contribution in [0, 0.1) is 0 Å². The van der Waals surface area contributed by atoms with Gasteiger partial charge >= 0.3 is 0 Å². The van der Waals surface area contributed by atoms with Gasteiger partial charge in [-0.2, -0.15) is 0 Å². The number of nitrogens with one attached hydrogen (secondary N) is 1. The number of nitrogens with zero attached hydrogens (tertiary/aromatic N) is 1. The van der Waals surface area contributed by atoms with E-state index in [0.717, 1.165) is 31.5 Å². The van der Waals surface area contributed by atoms with Gasteiger partial charge in [-0.25, -0.2) is 0 Å². The lowest BCUT2D eigenvalue weighted by atomic mass is 10.1. The van der Waals surface area contributed by atoms with E-state index in [2.05, 4.69) is 5.32 Å². The molecule has 1 saturated heterocycles. The third-order valence-electron chi connectivity index (χ3n) is 4.60. The van der Waals surface area contributed by atoms with E-state index >= 15 is 0 Å². The van der Waals surface area contributed by atoms with Gasteiger partial charge in [-0.15, -0.1) is 0 Å². The highest BCUT2D eigenvalue weighted by Gasteiger charge is 2.17. The number of carbonyl (C=O) groups excluding carboxylic acids is 2. The second kappa shape index (κ2) is 9.03. The number of likely N-dealkylation sites (tertiary alicyclic amines) is 1. The normalized spacial score (nSPS) is 14.2. The Bertz CT molecular complexity index is 822. The quantitative estimate of drug-likeness (QED) is 0.817. The number of methoxy groups -OCH3 is 1. The minimum atomic E-state index is -0.240. The van der Waals surface area contributed by atoms with Crippen molar-refractivity contribution in [2.45, 2.75) is 19.3 Å². The maximum atomic E-state index is 12.5. The zero-order chi connectivity index (χ0) is 19.1. The molecule has 5 nitrogen and oxygen atoms in total. The Kier molecular flexibility index (Phi) is 6.26. The zero-order valence-corrected chi connectivity index (χ0v) is 15.5. The fourth-order valence-electron chi connectivity index (χ4n) is 3.13. The maximum Gasteiger partial charge on any atom is 0.253 e. The molecular formula is C22H24N2O3. The van der Waals surface area contributed by atoms with Gasteiger partial charge in [-0.3, -0.25) is 9.59 Å². The van der Waals surface area contributed by atoms with Gasteiger partial charge in [0.05, 0.1) is 7.11 Å². The maximum absolute atomic E-state index is 12.5. The van der Waals surface area contributed by atoms with E-state index in [-0.39, 0.29) is 11.8 Å². The molecule has 2 aromatic rings. The van der Waals surface area contributed by atoms with Crippen molar-refractivity contribution in [2.24, 2.45) is 0 Å². The van der Waals surface area contributed by atoms with Crippen molar-refractivity contribution < 1.29 is 14.3 Å². The van der Waals surface area contributed by atoms with E-state index in [1.165, 1.54) is 12.5 Å². The molecule has 1 N–H and O–H groups in total. The summed E-state index contributed by atoms with van der Waals surface area (Å²) in [5.41, 5.74) is 2.14. The Morgan fingerprint density at radius 3 is 2.41 bits per heavy atom. The Hall–Kier alpha value is -3.08. The van der Waals surface area contributed by atoms with E-state index in [1.54, 1.807) is 37.5 Å². The van der Waals surface area contributed by atoms with Crippen LogP contribution >= 0.6 is 0 Å². The van der Waals surface area contributed by atoms with E-state index in [0.29, 0.717) is 17.0 Å². The van der Waals surface area contributed by atoms with Crippen LogP contribution in [0.25, 0.3) is 6.08 Å². The monoisotopic (exact) mass is 364 g/mol. The fourth-order valence-corrected chi connectivity index (χ4v) is 3.13. The summed E-state index contributed by atoms with van der Waals surface area (Å²) in [5, 5.41) is 2.80. The van der Waals surface area contributed by atoms with Crippen LogP contribution in [0.15, 0.2) is 54.6 Å². The van der Waals surface area contributed by atoms with Crippen molar-refractivity contribution in [3.05, 3.63) is 65.7 Å². The van der Waals surface area contributed by atoms with Crippen LogP contribution in [0.2, 0.25) is 0 Å². The standard InChI is InChI=1S/C22H24N2O3/c1-27-20-8-4-3-7-17(20)11-14-21(25)23-19-12-9-18(10-13-19)22(26)24-15-5-2-6-16-24/h3-4,7-14H,2,5-6,15-16H2,1H3,(H,23,25)/b14-11+. The molecule has 1 aliphatic rings. The van der Waals surface area contributed by atoms with Gasteiger partial charge < -0.3 is 15.0 Å². The summed E-state index contributed by atoms with van der Waals surface area (Å²) in [4.78, 5) is 26.5. The summed E-state index contributed by atoms with van der Waals surface area (Å²) in [7, 11) is 1.60. The first-order valence-corrected chi connectivity index (χ1v) is 9.19. The highest BCUT2D eigenvalue weighted by molar-refractivity contribution is 6.02. The third kappa shape index (κ3) is 4.97. The Balaban J connectivity index is 1.59. The SMILES string of the molecule is COc1ccccc1/C=C/C(=O)Nc1ccc(C(=O)N2CCCCC2)cc1. The lowest BCUT2D eigenvalue weighted by Crippen LogP contribution is -2.35. The van der Waals surface area contributed by atoms with E-state index in [1.807, 2.05) is 29.2 Å². The lowest BCUT2D eigenvalue weighted by Gasteiger charge is -2.26. The van der Waals surface area contributed by atoms with Crippen molar-refractivity contribution >= 4 is 23.6 Å². The molecule has 140 valence electrons. The smallest absolute Gasteiger partial charge is 0.253 e. The van der Waals surface area contributed by atoms with Gasteiger partial charge in [-0.05, 0) is 55.7 Å². The number of anilines is 1. The molecule has 2 aromatic carbocycles. The molecule has 0 saturated carbocycles. The molecule has 0 bridgehead atoms. The molecular weight excluding hydrogens is 340 g/mol. The van der Waals surface area contributed by atoms with E-state index < -0.39 is 0 Å². The molecule has 0 atom stereocenters. The number of rotatable bonds is 5. The number of para-hydroxylation sites is 1. The summed E-state index contributed by atoms with van der Waals surface area (Å²) in [6.07, 6.45) is 6.50. The van der Waals surface area contributed by atoms with Gasteiger partial charge in [0.15, 0.2) is 0 Å². The first-order chi connectivity index (χ1) is 13.2. The molecule has 1 heterocycles. The zero-order valence-electron chi connectivity index (χ0n) is 15.5. The number of carbonyl (C=O) groups is 2. The van der Waals surface area contributed by atoms with Crippen LogP contribution in [0.3, 0.4) is 0 Å². The predicted molar refractivity (Wildman–Crippen MR) is 107 cm³/mol. The summed E-state index contributed by atoms with van der Waals surface area (Å²) >= 11 is 0. The van der Waals surface area contributed by atoms with Crippen molar-refractivity contribution in [2.75, 3.05) is 25.5 Å². The average molecular weight is 364 g/mol. The molecule has 1 fully saturated rings. The third-order valence-corrected chi connectivity index (χ3v) is 4.60. The van der Waals surface area contributed by atoms with E-state index in [9.17, 15) is 9.59 Å².